The second-order valence-electron chi connectivity index (χ2n) is 14.5. The molecule has 8 nitrogen and oxygen atoms in total. The van der Waals surface area contributed by atoms with Crippen molar-refractivity contribution in [3.63, 3.8) is 0 Å². The standard InChI is InChI=1S/C36H50N2O6/c1-35(2)19-29-20-36(3,23-35)24-38(29)21-30-18-31(26-15-13-25(22-39)14-16-26)44-34(43-30)27-9-8-10-28(17-27)37-32(40)11-6-4-5-7-12-33(41)42/h8-10,13-17,29-31,34,39H,4-7,11-12,18-24H2,1-3H3,(H,37,40)(H,41,42). The Balaban J connectivity index is 1.26. The Morgan fingerprint density at radius 3 is 2.43 bits per heavy atom. The van der Waals surface area contributed by atoms with Gasteiger partial charge in [-0.2, -0.15) is 0 Å². The van der Waals surface area contributed by atoms with Crippen molar-refractivity contribution in [3.05, 3.63) is 65.2 Å². The van der Waals surface area contributed by atoms with Crippen molar-refractivity contribution in [2.75, 3.05) is 18.4 Å². The molecule has 0 spiro atoms. The summed E-state index contributed by atoms with van der Waals surface area (Å²) in [6.07, 6.45) is 7.32. The third-order valence-electron chi connectivity index (χ3n) is 9.56. The van der Waals surface area contributed by atoms with E-state index >= 15 is 0 Å². The van der Waals surface area contributed by atoms with E-state index in [1.165, 1.54) is 19.3 Å². The summed E-state index contributed by atoms with van der Waals surface area (Å²) >= 11 is 0. The number of anilines is 1. The number of unbranched alkanes of at least 4 members (excludes halogenated alkanes) is 3. The van der Waals surface area contributed by atoms with E-state index in [1.54, 1.807) is 0 Å². The minimum atomic E-state index is -0.775. The first-order chi connectivity index (χ1) is 21.0. The van der Waals surface area contributed by atoms with Crippen molar-refractivity contribution in [2.24, 2.45) is 10.8 Å². The van der Waals surface area contributed by atoms with Gasteiger partial charge in [0.15, 0.2) is 6.29 Å². The van der Waals surface area contributed by atoms with E-state index in [0.717, 1.165) is 55.5 Å². The minimum absolute atomic E-state index is 0.00879. The molecular formula is C36H50N2O6. The molecule has 3 fully saturated rings. The zero-order chi connectivity index (χ0) is 31.3. The first-order valence-electron chi connectivity index (χ1n) is 16.4. The van der Waals surface area contributed by atoms with Gasteiger partial charge in [0.25, 0.3) is 0 Å². The SMILES string of the molecule is CC1(C)CC2CC(C)(CN2CC2CC(c3ccc(CO)cc3)OC(c3cccc(NC(=O)CCCCCCC(=O)O)c3)O2)C1. The number of aliphatic hydroxyl groups excluding tert-OH is 1. The fourth-order valence-electron chi connectivity index (χ4n) is 7.99. The Morgan fingerprint density at radius 1 is 0.955 bits per heavy atom. The summed E-state index contributed by atoms with van der Waals surface area (Å²) in [5.41, 5.74) is 4.22. The van der Waals surface area contributed by atoms with E-state index in [-0.39, 0.29) is 31.1 Å². The first kappa shape index (κ1) is 32.6. The summed E-state index contributed by atoms with van der Waals surface area (Å²) in [7, 11) is 0. The molecule has 2 saturated heterocycles. The maximum absolute atomic E-state index is 12.6. The monoisotopic (exact) mass is 606 g/mol. The maximum atomic E-state index is 12.6. The van der Waals surface area contributed by atoms with E-state index in [1.807, 2.05) is 48.5 Å². The number of amides is 1. The maximum Gasteiger partial charge on any atom is 0.303 e. The van der Waals surface area contributed by atoms with Gasteiger partial charge in [0.2, 0.25) is 5.91 Å². The molecule has 240 valence electrons. The van der Waals surface area contributed by atoms with Gasteiger partial charge in [0.1, 0.15) is 0 Å². The number of benzene rings is 2. The normalized spacial score (nSPS) is 28.1. The fourth-order valence-corrected chi connectivity index (χ4v) is 7.99. The summed E-state index contributed by atoms with van der Waals surface area (Å²) in [6.45, 7) is 9.23. The average Bonchev–Trinajstić information content (AvgIpc) is 3.21. The summed E-state index contributed by atoms with van der Waals surface area (Å²) in [4.78, 5) is 26.0. The van der Waals surface area contributed by atoms with Crippen LogP contribution in [0.4, 0.5) is 5.69 Å². The highest BCUT2D eigenvalue weighted by Gasteiger charge is 2.50. The Morgan fingerprint density at radius 2 is 1.70 bits per heavy atom. The van der Waals surface area contributed by atoms with Crippen LogP contribution in [0.5, 0.6) is 0 Å². The van der Waals surface area contributed by atoms with Crippen LogP contribution in [0.3, 0.4) is 0 Å². The van der Waals surface area contributed by atoms with Crippen LogP contribution in [-0.4, -0.2) is 52.2 Å². The van der Waals surface area contributed by atoms with Crippen molar-refractivity contribution in [3.8, 4) is 0 Å². The van der Waals surface area contributed by atoms with Crippen LogP contribution in [0.2, 0.25) is 0 Å². The number of fused-ring (bicyclic) bond motifs is 2. The largest absolute Gasteiger partial charge is 0.481 e. The molecule has 0 aromatic heterocycles. The number of nitrogens with zero attached hydrogens (tertiary/aromatic N) is 1. The Bertz CT molecular complexity index is 1280. The molecule has 1 aliphatic carbocycles. The second kappa shape index (κ2) is 14.1. The number of hydrogen-bond acceptors (Lipinski definition) is 6. The molecule has 0 radical (unpaired) electrons. The zero-order valence-corrected chi connectivity index (χ0v) is 26.6. The van der Waals surface area contributed by atoms with Gasteiger partial charge in [-0.3, -0.25) is 14.5 Å². The van der Waals surface area contributed by atoms with Crippen LogP contribution in [0, 0.1) is 10.8 Å². The molecule has 1 saturated carbocycles. The quantitative estimate of drug-likeness (QED) is 0.211. The fraction of sp³-hybridized carbons (Fsp3) is 0.611. The molecule has 3 N–H and O–H groups in total. The minimum Gasteiger partial charge on any atom is -0.481 e. The summed E-state index contributed by atoms with van der Waals surface area (Å²) < 4.78 is 13.3. The Labute approximate surface area is 262 Å². The van der Waals surface area contributed by atoms with Gasteiger partial charge < -0.3 is 25.0 Å². The van der Waals surface area contributed by atoms with Crippen LogP contribution >= 0.6 is 0 Å². The zero-order valence-electron chi connectivity index (χ0n) is 26.6. The number of hydrogen-bond donors (Lipinski definition) is 3. The number of carboxylic acid groups (broad SMARTS) is 1. The highest BCUT2D eigenvalue weighted by Crippen LogP contribution is 2.53. The third kappa shape index (κ3) is 8.68. The number of aliphatic carboxylic acids is 1. The highest BCUT2D eigenvalue weighted by molar-refractivity contribution is 5.90. The molecule has 5 unspecified atom stereocenters. The van der Waals surface area contributed by atoms with Crippen molar-refractivity contribution >= 4 is 17.6 Å². The Hall–Kier alpha value is -2.78. The van der Waals surface area contributed by atoms with Crippen molar-refractivity contribution in [2.45, 2.75) is 116 Å². The van der Waals surface area contributed by atoms with Crippen LogP contribution in [-0.2, 0) is 25.7 Å². The predicted molar refractivity (Wildman–Crippen MR) is 170 cm³/mol. The molecule has 8 heteroatoms. The third-order valence-corrected chi connectivity index (χ3v) is 9.56. The molecular weight excluding hydrogens is 556 g/mol. The molecule has 44 heavy (non-hydrogen) atoms. The molecule has 2 aliphatic heterocycles. The number of carboxylic acids is 1. The lowest BCUT2D eigenvalue weighted by Gasteiger charge is -2.41. The lowest BCUT2D eigenvalue weighted by atomic mass is 9.65. The van der Waals surface area contributed by atoms with Gasteiger partial charge in [-0.15, -0.1) is 0 Å². The van der Waals surface area contributed by atoms with E-state index in [4.69, 9.17) is 14.6 Å². The summed E-state index contributed by atoms with van der Waals surface area (Å²) in [5, 5.41) is 21.3. The molecule has 1 amide bonds. The van der Waals surface area contributed by atoms with Crippen LogP contribution in [0.25, 0.3) is 0 Å². The molecule has 2 heterocycles. The average molecular weight is 607 g/mol. The van der Waals surface area contributed by atoms with Crippen LogP contribution in [0.1, 0.15) is 114 Å². The molecule has 5 rings (SSSR count). The second-order valence-corrected chi connectivity index (χ2v) is 14.5. The van der Waals surface area contributed by atoms with E-state index in [2.05, 4.69) is 31.0 Å². The number of carbonyl (C=O) groups excluding carboxylic acids is 1. The van der Waals surface area contributed by atoms with Crippen LogP contribution < -0.4 is 5.32 Å². The molecule has 2 aromatic rings. The number of aliphatic hydroxyl groups is 1. The van der Waals surface area contributed by atoms with Gasteiger partial charge in [-0.25, -0.2) is 0 Å². The van der Waals surface area contributed by atoms with Crippen molar-refractivity contribution < 1.29 is 29.3 Å². The number of carbonyl (C=O) groups is 2. The lowest BCUT2D eigenvalue weighted by molar-refractivity contribution is -0.253. The predicted octanol–water partition coefficient (Wildman–Crippen LogP) is 6.99. The number of likely N-dealkylation sites (tertiary alicyclic amines) is 1. The summed E-state index contributed by atoms with van der Waals surface area (Å²) in [5.74, 6) is -0.829. The molecule has 2 aromatic carbocycles. The van der Waals surface area contributed by atoms with E-state index in [0.29, 0.717) is 35.4 Å². The van der Waals surface area contributed by atoms with Gasteiger partial charge >= 0.3 is 5.97 Å². The summed E-state index contributed by atoms with van der Waals surface area (Å²) in [6, 6.07) is 16.3. The lowest BCUT2D eigenvalue weighted by Crippen LogP contribution is -2.42. The van der Waals surface area contributed by atoms with Gasteiger partial charge in [-0.1, -0.05) is 70.0 Å². The van der Waals surface area contributed by atoms with Crippen LogP contribution in [0.15, 0.2) is 48.5 Å². The van der Waals surface area contributed by atoms with Crippen molar-refractivity contribution in [1.82, 2.24) is 4.90 Å². The number of rotatable bonds is 13. The molecule has 5 atom stereocenters. The molecule has 3 aliphatic rings. The first-order valence-corrected chi connectivity index (χ1v) is 16.4. The van der Waals surface area contributed by atoms with E-state index < -0.39 is 12.3 Å². The van der Waals surface area contributed by atoms with Gasteiger partial charge in [0, 0.05) is 49.6 Å². The number of nitrogens with one attached hydrogen (secondary N) is 1. The smallest absolute Gasteiger partial charge is 0.303 e. The van der Waals surface area contributed by atoms with Gasteiger partial charge in [-0.05, 0) is 66.2 Å². The number of ether oxygens (including phenoxy) is 2. The highest BCUT2D eigenvalue weighted by atomic mass is 16.7. The van der Waals surface area contributed by atoms with Gasteiger partial charge in [0.05, 0.1) is 18.8 Å². The van der Waals surface area contributed by atoms with Crippen molar-refractivity contribution in [1.29, 1.82) is 0 Å². The van der Waals surface area contributed by atoms with E-state index in [9.17, 15) is 14.7 Å². The molecule has 2 bridgehead atoms. The Kier molecular flexibility index (Phi) is 10.5. The topological polar surface area (TPSA) is 108 Å².